The Bertz CT molecular complexity index is 535. The maximum absolute atomic E-state index is 12.2. The fourth-order valence-corrected chi connectivity index (χ4v) is 2.93. The number of rotatable bonds is 7. The SMILES string of the molecule is Cc1ccccc1C(=O)CCC(=O)N(C)CCC1CCCCO1. The van der Waals surface area contributed by atoms with Gasteiger partial charge in [0.15, 0.2) is 5.78 Å². The molecule has 1 aromatic rings. The third-order valence-electron chi connectivity index (χ3n) is 4.50. The first kappa shape index (κ1) is 17.7. The molecule has 2 rings (SSSR count). The van der Waals surface area contributed by atoms with E-state index in [9.17, 15) is 9.59 Å². The molecule has 1 amide bonds. The van der Waals surface area contributed by atoms with Gasteiger partial charge in [-0.05, 0) is 38.2 Å². The predicted octanol–water partition coefficient (Wildman–Crippen LogP) is 3.38. The fraction of sp³-hybridized carbons (Fsp3) is 0.579. The number of aryl methyl sites for hydroxylation is 1. The van der Waals surface area contributed by atoms with Crippen LogP contribution in [0.3, 0.4) is 0 Å². The van der Waals surface area contributed by atoms with Gasteiger partial charge in [-0.2, -0.15) is 0 Å². The van der Waals surface area contributed by atoms with Gasteiger partial charge in [0, 0.05) is 38.6 Å². The highest BCUT2D eigenvalue weighted by atomic mass is 16.5. The van der Waals surface area contributed by atoms with Crippen molar-refractivity contribution in [3.05, 3.63) is 35.4 Å². The Hall–Kier alpha value is -1.68. The van der Waals surface area contributed by atoms with Crippen LogP contribution in [0, 0.1) is 6.92 Å². The predicted molar refractivity (Wildman–Crippen MR) is 90.6 cm³/mol. The number of benzene rings is 1. The monoisotopic (exact) mass is 317 g/mol. The lowest BCUT2D eigenvalue weighted by Gasteiger charge is -2.25. The molecule has 126 valence electrons. The molecule has 1 fully saturated rings. The normalized spacial score (nSPS) is 17.7. The molecule has 1 aromatic carbocycles. The van der Waals surface area contributed by atoms with Gasteiger partial charge in [0.2, 0.25) is 5.91 Å². The van der Waals surface area contributed by atoms with Gasteiger partial charge in [0.1, 0.15) is 0 Å². The number of carbonyl (C=O) groups excluding carboxylic acids is 2. The van der Waals surface area contributed by atoms with Crippen LogP contribution in [0.1, 0.15) is 54.4 Å². The number of Topliss-reactive ketones (excluding diaryl/α,β-unsaturated/α-hetero) is 1. The second kappa shape index (κ2) is 8.82. The smallest absolute Gasteiger partial charge is 0.222 e. The second-order valence-electron chi connectivity index (χ2n) is 6.33. The van der Waals surface area contributed by atoms with E-state index in [0.29, 0.717) is 6.54 Å². The van der Waals surface area contributed by atoms with Gasteiger partial charge in [-0.25, -0.2) is 0 Å². The van der Waals surface area contributed by atoms with Crippen molar-refractivity contribution in [3.8, 4) is 0 Å². The molecular formula is C19H27NO3. The summed E-state index contributed by atoms with van der Waals surface area (Å²) in [5.41, 5.74) is 1.69. The van der Waals surface area contributed by atoms with Gasteiger partial charge < -0.3 is 9.64 Å². The van der Waals surface area contributed by atoms with Crippen LogP contribution in [0.15, 0.2) is 24.3 Å². The van der Waals surface area contributed by atoms with Crippen LogP contribution in [0.4, 0.5) is 0 Å². The summed E-state index contributed by atoms with van der Waals surface area (Å²) in [6.45, 7) is 3.46. The average molecular weight is 317 g/mol. The van der Waals surface area contributed by atoms with Crippen molar-refractivity contribution in [3.63, 3.8) is 0 Å². The average Bonchev–Trinajstić information content (AvgIpc) is 2.58. The number of ketones is 1. The molecule has 1 saturated heterocycles. The number of nitrogens with zero attached hydrogens (tertiary/aromatic N) is 1. The fourth-order valence-electron chi connectivity index (χ4n) is 2.93. The Kier molecular flexibility index (Phi) is 6.78. The first-order chi connectivity index (χ1) is 11.1. The Balaban J connectivity index is 1.73. The number of ether oxygens (including phenoxy) is 1. The zero-order valence-electron chi connectivity index (χ0n) is 14.2. The summed E-state index contributed by atoms with van der Waals surface area (Å²) in [7, 11) is 1.81. The van der Waals surface area contributed by atoms with E-state index in [1.54, 1.807) is 4.90 Å². The molecule has 1 unspecified atom stereocenters. The van der Waals surface area contributed by atoms with Crippen LogP contribution in [-0.2, 0) is 9.53 Å². The van der Waals surface area contributed by atoms with E-state index < -0.39 is 0 Å². The summed E-state index contributed by atoms with van der Waals surface area (Å²) in [5, 5.41) is 0. The van der Waals surface area contributed by atoms with E-state index in [1.807, 2.05) is 38.2 Å². The molecule has 0 radical (unpaired) electrons. The van der Waals surface area contributed by atoms with Gasteiger partial charge in [-0.15, -0.1) is 0 Å². The molecule has 4 nitrogen and oxygen atoms in total. The van der Waals surface area contributed by atoms with Gasteiger partial charge in [-0.3, -0.25) is 9.59 Å². The molecule has 0 N–H and O–H groups in total. The zero-order chi connectivity index (χ0) is 16.7. The minimum Gasteiger partial charge on any atom is -0.378 e. The van der Waals surface area contributed by atoms with Gasteiger partial charge >= 0.3 is 0 Å². The highest BCUT2D eigenvalue weighted by molar-refractivity contribution is 5.99. The van der Waals surface area contributed by atoms with Crippen LogP contribution in [0.25, 0.3) is 0 Å². The molecule has 23 heavy (non-hydrogen) atoms. The van der Waals surface area contributed by atoms with Crippen LogP contribution < -0.4 is 0 Å². The van der Waals surface area contributed by atoms with Crippen molar-refractivity contribution in [2.75, 3.05) is 20.2 Å². The van der Waals surface area contributed by atoms with Crippen LogP contribution in [-0.4, -0.2) is 42.9 Å². The van der Waals surface area contributed by atoms with E-state index in [-0.39, 0.29) is 30.6 Å². The summed E-state index contributed by atoms with van der Waals surface area (Å²) in [4.78, 5) is 26.1. The Morgan fingerprint density at radius 2 is 2.00 bits per heavy atom. The van der Waals surface area contributed by atoms with Crippen molar-refractivity contribution >= 4 is 11.7 Å². The van der Waals surface area contributed by atoms with Crippen molar-refractivity contribution in [2.24, 2.45) is 0 Å². The van der Waals surface area contributed by atoms with Crippen LogP contribution in [0.5, 0.6) is 0 Å². The lowest BCUT2D eigenvalue weighted by Crippen LogP contribution is -2.31. The Morgan fingerprint density at radius 1 is 1.22 bits per heavy atom. The number of hydrogen-bond donors (Lipinski definition) is 0. The topological polar surface area (TPSA) is 46.6 Å². The van der Waals surface area contributed by atoms with Gasteiger partial charge in [0.05, 0.1) is 6.10 Å². The molecular weight excluding hydrogens is 290 g/mol. The van der Waals surface area contributed by atoms with Gasteiger partial charge in [0.25, 0.3) is 0 Å². The van der Waals surface area contributed by atoms with Crippen molar-refractivity contribution < 1.29 is 14.3 Å². The van der Waals surface area contributed by atoms with Crippen molar-refractivity contribution in [2.45, 2.75) is 51.6 Å². The highest BCUT2D eigenvalue weighted by Crippen LogP contribution is 2.16. The second-order valence-corrected chi connectivity index (χ2v) is 6.33. The van der Waals surface area contributed by atoms with Crippen LogP contribution >= 0.6 is 0 Å². The van der Waals surface area contributed by atoms with Crippen molar-refractivity contribution in [1.82, 2.24) is 4.90 Å². The quantitative estimate of drug-likeness (QED) is 0.724. The minimum atomic E-state index is 0.0303. The molecule has 0 spiro atoms. The first-order valence-corrected chi connectivity index (χ1v) is 8.52. The minimum absolute atomic E-state index is 0.0303. The summed E-state index contributed by atoms with van der Waals surface area (Å²) < 4.78 is 5.69. The maximum atomic E-state index is 12.2. The number of amides is 1. The Morgan fingerprint density at radius 3 is 2.70 bits per heavy atom. The molecule has 1 aliphatic heterocycles. The standard InChI is InChI=1S/C19H27NO3/c1-15-7-3-4-9-17(15)18(21)10-11-19(22)20(2)13-12-16-8-5-6-14-23-16/h3-4,7,9,16H,5-6,8,10-14H2,1-2H3. The van der Waals surface area contributed by atoms with E-state index in [4.69, 9.17) is 4.74 Å². The summed E-state index contributed by atoms with van der Waals surface area (Å²) >= 11 is 0. The largest absolute Gasteiger partial charge is 0.378 e. The molecule has 0 aliphatic carbocycles. The third kappa shape index (κ3) is 5.47. The third-order valence-corrected chi connectivity index (χ3v) is 4.50. The van der Waals surface area contributed by atoms with Crippen LogP contribution in [0.2, 0.25) is 0 Å². The number of hydrogen-bond acceptors (Lipinski definition) is 3. The van der Waals surface area contributed by atoms with Gasteiger partial charge in [-0.1, -0.05) is 24.3 Å². The van der Waals surface area contributed by atoms with E-state index in [1.165, 1.54) is 6.42 Å². The summed E-state index contributed by atoms with van der Waals surface area (Å²) in [6, 6.07) is 7.52. The highest BCUT2D eigenvalue weighted by Gasteiger charge is 2.17. The lowest BCUT2D eigenvalue weighted by molar-refractivity contribution is -0.130. The maximum Gasteiger partial charge on any atom is 0.222 e. The molecule has 0 aromatic heterocycles. The molecule has 0 saturated carbocycles. The van der Waals surface area contributed by atoms with E-state index in [2.05, 4.69) is 0 Å². The molecule has 4 heteroatoms. The summed E-state index contributed by atoms with van der Waals surface area (Å²) in [5.74, 6) is 0.0724. The van der Waals surface area contributed by atoms with Crippen molar-refractivity contribution in [1.29, 1.82) is 0 Å². The molecule has 1 atom stereocenters. The first-order valence-electron chi connectivity index (χ1n) is 8.52. The van der Waals surface area contributed by atoms with E-state index >= 15 is 0 Å². The number of carbonyl (C=O) groups is 2. The molecule has 1 heterocycles. The summed E-state index contributed by atoms with van der Waals surface area (Å²) in [6.07, 6.45) is 5.16. The van der Waals surface area contributed by atoms with E-state index in [0.717, 1.165) is 37.0 Å². The molecule has 0 bridgehead atoms. The molecule has 1 aliphatic rings. The Labute approximate surface area is 138 Å². The lowest BCUT2D eigenvalue weighted by atomic mass is 10.0. The zero-order valence-corrected chi connectivity index (χ0v) is 14.2.